The lowest BCUT2D eigenvalue weighted by Crippen LogP contribution is -2.65. The zero-order chi connectivity index (χ0) is 35.2. The first-order valence-corrected chi connectivity index (χ1v) is 16.9. The summed E-state index contributed by atoms with van der Waals surface area (Å²) in [7, 11) is -0.367. The third-order valence-corrected chi connectivity index (χ3v) is 9.32. The number of hydrogen-bond acceptors (Lipinski definition) is 8. The molecule has 0 saturated carbocycles. The Morgan fingerprint density at radius 3 is 2.19 bits per heavy atom. The second kappa shape index (κ2) is 15.4. The summed E-state index contributed by atoms with van der Waals surface area (Å²) < 4.78 is 23.6. The molecule has 0 bridgehead atoms. The van der Waals surface area contributed by atoms with E-state index < -0.39 is 46.5 Å². The van der Waals surface area contributed by atoms with Crippen molar-refractivity contribution >= 4 is 31.0 Å². The topological polar surface area (TPSA) is 132 Å². The van der Waals surface area contributed by atoms with Crippen LogP contribution in [0.25, 0.3) is 0 Å². The van der Waals surface area contributed by atoms with E-state index in [0.29, 0.717) is 32.0 Å². The zero-order valence-corrected chi connectivity index (χ0v) is 30.1. The molecular formula is C35H56BN3O8. The van der Waals surface area contributed by atoms with E-state index in [1.165, 1.54) is 6.92 Å². The number of piperidine rings is 1. The van der Waals surface area contributed by atoms with Gasteiger partial charge in [-0.1, -0.05) is 57.0 Å². The Kier molecular flexibility index (Phi) is 12.6. The molecule has 2 N–H and O–H groups in total. The maximum atomic E-state index is 14.1. The number of rotatable bonds is 12. The summed E-state index contributed by atoms with van der Waals surface area (Å²) in [5.41, 5.74) is -2.05. The van der Waals surface area contributed by atoms with Gasteiger partial charge in [0, 0.05) is 25.9 Å². The van der Waals surface area contributed by atoms with Crippen molar-refractivity contribution in [1.29, 1.82) is 0 Å². The van der Waals surface area contributed by atoms with Crippen LogP contribution in [0.2, 0.25) is 6.32 Å². The Hall–Kier alpha value is -3.12. The molecule has 0 aliphatic carbocycles. The lowest BCUT2D eigenvalue weighted by Gasteiger charge is -2.48. The van der Waals surface area contributed by atoms with E-state index >= 15 is 0 Å². The van der Waals surface area contributed by atoms with Crippen molar-refractivity contribution in [3.05, 3.63) is 35.9 Å². The fraction of sp³-hybridized carbons (Fsp3) is 0.714. The molecule has 2 heterocycles. The second-order valence-electron chi connectivity index (χ2n) is 15.3. The minimum absolute atomic E-state index is 0.0628. The molecule has 2 aliphatic heterocycles. The fourth-order valence-corrected chi connectivity index (χ4v) is 6.16. The summed E-state index contributed by atoms with van der Waals surface area (Å²) in [5.74, 6) is -1.34. The summed E-state index contributed by atoms with van der Waals surface area (Å²) in [4.78, 5) is 54.9. The molecule has 3 rings (SSSR count). The van der Waals surface area contributed by atoms with Crippen molar-refractivity contribution in [1.82, 2.24) is 15.5 Å². The first kappa shape index (κ1) is 38.3. The molecule has 3 amide bonds. The molecule has 0 unspecified atom stereocenters. The van der Waals surface area contributed by atoms with Crippen LogP contribution in [-0.2, 0) is 39.8 Å². The first-order chi connectivity index (χ1) is 21.8. The van der Waals surface area contributed by atoms with Gasteiger partial charge in [0.15, 0.2) is 0 Å². The Morgan fingerprint density at radius 1 is 1.02 bits per heavy atom. The van der Waals surface area contributed by atoms with Crippen molar-refractivity contribution in [3.63, 3.8) is 0 Å². The fourth-order valence-electron chi connectivity index (χ4n) is 6.16. The number of likely N-dealkylation sites (tertiary alicyclic amines) is 1. The van der Waals surface area contributed by atoms with Crippen LogP contribution < -0.4 is 10.6 Å². The molecule has 0 spiro atoms. The summed E-state index contributed by atoms with van der Waals surface area (Å²) >= 11 is 0. The number of esters is 1. The van der Waals surface area contributed by atoms with Gasteiger partial charge in [-0.3, -0.25) is 9.59 Å². The van der Waals surface area contributed by atoms with Gasteiger partial charge >= 0.3 is 19.2 Å². The number of benzene rings is 1. The van der Waals surface area contributed by atoms with Crippen LogP contribution in [0.1, 0.15) is 107 Å². The molecule has 1 aromatic rings. The van der Waals surface area contributed by atoms with Gasteiger partial charge < -0.3 is 34.3 Å². The van der Waals surface area contributed by atoms with Crippen LogP contribution in [0.15, 0.2) is 30.3 Å². The Labute approximate surface area is 281 Å². The van der Waals surface area contributed by atoms with Crippen molar-refractivity contribution in [2.24, 2.45) is 5.92 Å². The summed E-state index contributed by atoms with van der Waals surface area (Å²) in [6.07, 6.45) is 2.22. The molecule has 12 heteroatoms. The summed E-state index contributed by atoms with van der Waals surface area (Å²) in [6.45, 7) is 18.8. The molecule has 2 aliphatic rings. The minimum atomic E-state index is -1.29. The van der Waals surface area contributed by atoms with E-state index in [4.69, 9.17) is 18.8 Å². The number of nitrogens with one attached hydrogen (secondary N) is 2. The average Bonchev–Trinajstić information content (AvgIpc) is 3.17. The van der Waals surface area contributed by atoms with E-state index in [1.807, 2.05) is 71.9 Å². The second-order valence-corrected chi connectivity index (χ2v) is 15.3. The molecule has 47 heavy (non-hydrogen) atoms. The highest BCUT2D eigenvalue weighted by Crippen LogP contribution is 2.39. The smallest absolute Gasteiger partial charge is 0.457 e. The summed E-state index contributed by atoms with van der Waals surface area (Å²) in [5, 5.41) is 5.77. The quantitative estimate of drug-likeness (QED) is 0.173. The lowest BCUT2D eigenvalue weighted by atomic mass is 9.77. The van der Waals surface area contributed by atoms with Crippen molar-refractivity contribution < 1.29 is 38.0 Å². The van der Waals surface area contributed by atoms with Crippen LogP contribution in [0.5, 0.6) is 0 Å². The molecular weight excluding hydrogens is 601 g/mol. The maximum absolute atomic E-state index is 14.1. The number of alkyl carbamates (subject to hydrolysis) is 1. The van der Waals surface area contributed by atoms with Crippen LogP contribution in [-0.4, -0.2) is 76.9 Å². The number of ether oxygens (including phenoxy) is 2. The molecule has 262 valence electrons. The number of carbonyl (C=O) groups is 4. The molecule has 3 atom stereocenters. The van der Waals surface area contributed by atoms with Crippen LogP contribution in [0, 0.1) is 5.92 Å². The molecule has 1 aromatic carbocycles. The Bertz CT molecular complexity index is 1230. The molecule has 0 radical (unpaired) electrons. The highest BCUT2D eigenvalue weighted by molar-refractivity contribution is 6.45. The van der Waals surface area contributed by atoms with Crippen molar-refractivity contribution in [2.45, 2.75) is 149 Å². The van der Waals surface area contributed by atoms with Crippen LogP contribution in [0.4, 0.5) is 4.79 Å². The molecule has 2 saturated heterocycles. The third kappa shape index (κ3) is 10.2. The van der Waals surface area contributed by atoms with Gasteiger partial charge in [0.05, 0.1) is 11.2 Å². The number of carbonyl (C=O) groups excluding carboxylic acids is 4. The zero-order valence-electron chi connectivity index (χ0n) is 30.1. The summed E-state index contributed by atoms with van der Waals surface area (Å²) in [6, 6.07) is 8.10. The van der Waals surface area contributed by atoms with E-state index in [0.717, 1.165) is 5.56 Å². The van der Waals surface area contributed by atoms with Gasteiger partial charge in [-0.15, -0.1) is 0 Å². The van der Waals surface area contributed by atoms with Gasteiger partial charge in [-0.25, -0.2) is 9.59 Å². The predicted molar refractivity (Wildman–Crippen MR) is 180 cm³/mol. The SMILES string of the molecule is CC(=O)N1CC[C@H](NC(=O)[C@@H](NC(=O)OC(C)(C)C)C(C)C)C[C@]1(CCCCB1OC(C)(C)C(C)(C)O1)C(=O)OCc1ccccc1. The third-order valence-electron chi connectivity index (χ3n) is 9.32. The van der Waals surface area contributed by atoms with Gasteiger partial charge in [0.25, 0.3) is 0 Å². The number of nitrogens with zero attached hydrogens (tertiary/aromatic N) is 1. The van der Waals surface area contributed by atoms with Gasteiger partial charge in [-0.05, 0) is 79.1 Å². The van der Waals surface area contributed by atoms with E-state index in [1.54, 1.807) is 25.7 Å². The van der Waals surface area contributed by atoms with E-state index in [9.17, 15) is 19.2 Å². The number of amides is 3. The minimum Gasteiger partial charge on any atom is -0.459 e. The standard InChI is InChI=1S/C35H56BN3O8/c1-24(2)28(38-31(43)45-32(4,5)6)29(41)37-27-18-21-39(25(3)40)35(22-27,30(42)44-23-26-16-12-11-13-17-26)19-14-15-20-36-46-33(7,8)34(9,10)47-36/h11-13,16-17,24,27-28H,14-15,18-23H2,1-10H3,(H,37,41)(H,38,43)/t27-,28-,35+/m0/s1. The molecule has 0 aromatic heterocycles. The first-order valence-electron chi connectivity index (χ1n) is 16.9. The highest BCUT2D eigenvalue weighted by Gasteiger charge is 2.52. The van der Waals surface area contributed by atoms with Gasteiger partial charge in [-0.2, -0.15) is 0 Å². The monoisotopic (exact) mass is 657 g/mol. The van der Waals surface area contributed by atoms with Crippen molar-refractivity contribution in [2.75, 3.05) is 6.54 Å². The van der Waals surface area contributed by atoms with Crippen molar-refractivity contribution in [3.8, 4) is 0 Å². The van der Waals surface area contributed by atoms with Gasteiger partial charge in [0.1, 0.15) is 23.8 Å². The molecule has 2 fully saturated rings. The number of unbranched alkanes of at least 4 members (excludes halogenated alkanes) is 1. The van der Waals surface area contributed by atoms with E-state index in [2.05, 4.69) is 10.6 Å². The lowest BCUT2D eigenvalue weighted by molar-refractivity contribution is -0.170. The maximum Gasteiger partial charge on any atom is 0.457 e. The van der Waals surface area contributed by atoms with Crippen LogP contribution in [0.3, 0.4) is 0 Å². The average molecular weight is 658 g/mol. The predicted octanol–water partition coefficient (Wildman–Crippen LogP) is 5.41. The van der Waals surface area contributed by atoms with E-state index in [-0.39, 0.29) is 44.4 Å². The largest absolute Gasteiger partial charge is 0.459 e. The Balaban J connectivity index is 1.80. The Morgan fingerprint density at radius 2 is 1.64 bits per heavy atom. The number of hydrogen-bond donors (Lipinski definition) is 2. The van der Waals surface area contributed by atoms with Gasteiger partial charge in [0.2, 0.25) is 11.8 Å². The molecule has 11 nitrogen and oxygen atoms in total. The highest BCUT2D eigenvalue weighted by atomic mass is 16.7. The van der Waals surface area contributed by atoms with Crippen LogP contribution >= 0.6 is 0 Å². The normalized spacial score (nSPS) is 22.8.